The summed E-state index contributed by atoms with van der Waals surface area (Å²) in [6.07, 6.45) is 2.76. The molecule has 2 saturated heterocycles. The molecular formula is C13H23N3O3. The van der Waals surface area contributed by atoms with E-state index in [9.17, 15) is 9.59 Å². The van der Waals surface area contributed by atoms with Gasteiger partial charge in [-0.3, -0.25) is 9.59 Å². The fraction of sp³-hybridized carbons (Fsp3) is 0.846. The molecule has 2 fully saturated rings. The van der Waals surface area contributed by atoms with Gasteiger partial charge >= 0.3 is 0 Å². The number of carbonyl (C=O) groups is 2. The summed E-state index contributed by atoms with van der Waals surface area (Å²) in [7, 11) is 0. The third kappa shape index (κ3) is 3.45. The van der Waals surface area contributed by atoms with Crippen LogP contribution in [-0.2, 0) is 14.3 Å². The maximum Gasteiger partial charge on any atom is 0.240 e. The van der Waals surface area contributed by atoms with E-state index in [-0.39, 0.29) is 17.9 Å². The number of likely N-dealkylation sites (tertiary alicyclic amines) is 1. The molecule has 0 aromatic heterocycles. The van der Waals surface area contributed by atoms with Crippen molar-refractivity contribution in [3.63, 3.8) is 0 Å². The van der Waals surface area contributed by atoms with Crippen LogP contribution in [0.1, 0.15) is 32.6 Å². The van der Waals surface area contributed by atoms with Crippen LogP contribution in [0.4, 0.5) is 0 Å². The monoisotopic (exact) mass is 269 g/mol. The third-order valence-corrected chi connectivity index (χ3v) is 4.11. The molecule has 0 unspecified atom stereocenters. The van der Waals surface area contributed by atoms with E-state index >= 15 is 0 Å². The molecule has 0 aromatic carbocycles. The van der Waals surface area contributed by atoms with Gasteiger partial charge in [0.1, 0.15) is 0 Å². The van der Waals surface area contributed by atoms with Gasteiger partial charge in [0.2, 0.25) is 11.8 Å². The molecular weight excluding hydrogens is 246 g/mol. The summed E-state index contributed by atoms with van der Waals surface area (Å²) in [5.74, 6) is 0.0292. The van der Waals surface area contributed by atoms with Crippen molar-refractivity contribution >= 4 is 11.8 Å². The van der Waals surface area contributed by atoms with Crippen LogP contribution >= 0.6 is 0 Å². The maximum absolute atomic E-state index is 12.2. The zero-order valence-corrected chi connectivity index (χ0v) is 11.5. The number of ether oxygens (including phenoxy) is 1. The van der Waals surface area contributed by atoms with Gasteiger partial charge in [0.05, 0.1) is 5.54 Å². The highest BCUT2D eigenvalue weighted by atomic mass is 16.5. The predicted molar refractivity (Wildman–Crippen MR) is 70.4 cm³/mol. The Hall–Kier alpha value is -1.14. The Morgan fingerprint density at radius 3 is 2.37 bits per heavy atom. The van der Waals surface area contributed by atoms with Gasteiger partial charge in [-0.05, 0) is 25.7 Å². The standard InChI is InChI=1S/C13H23N3O3/c1-10(17)16-6-2-11(3-7-16)15-12(18)13(14)4-8-19-9-5-13/h11H,2-9,14H2,1H3,(H,15,18). The van der Waals surface area contributed by atoms with Crippen LogP contribution in [-0.4, -0.2) is 54.6 Å². The van der Waals surface area contributed by atoms with Crippen LogP contribution in [0.5, 0.6) is 0 Å². The number of nitrogens with two attached hydrogens (primary N) is 1. The van der Waals surface area contributed by atoms with Crippen molar-refractivity contribution in [1.29, 1.82) is 0 Å². The second-order valence-electron chi connectivity index (χ2n) is 5.52. The van der Waals surface area contributed by atoms with Crippen molar-refractivity contribution in [2.75, 3.05) is 26.3 Å². The Balaban J connectivity index is 1.82. The molecule has 0 aromatic rings. The van der Waals surface area contributed by atoms with Crippen molar-refractivity contribution in [3.05, 3.63) is 0 Å². The lowest BCUT2D eigenvalue weighted by Crippen LogP contribution is -2.59. The molecule has 0 bridgehead atoms. The van der Waals surface area contributed by atoms with Crippen LogP contribution in [0, 0.1) is 0 Å². The summed E-state index contributed by atoms with van der Waals surface area (Å²) in [6, 6.07) is 0.131. The number of hydrogen-bond donors (Lipinski definition) is 2. The predicted octanol–water partition coefficient (Wildman–Crippen LogP) is -0.379. The molecule has 0 aliphatic carbocycles. The first kappa shape index (κ1) is 14.3. The van der Waals surface area contributed by atoms with Crippen molar-refractivity contribution in [3.8, 4) is 0 Å². The number of rotatable bonds is 2. The summed E-state index contributed by atoms with van der Waals surface area (Å²) in [5, 5.41) is 3.03. The molecule has 2 aliphatic heterocycles. The van der Waals surface area contributed by atoms with Crippen molar-refractivity contribution in [2.24, 2.45) is 5.73 Å². The highest BCUT2D eigenvalue weighted by Gasteiger charge is 2.37. The van der Waals surface area contributed by atoms with Crippen molar-refractivity contribution < 1.29 is 14.3 Å². The molecule has 0 saturated carbocycles. The molecule has 0 atom stereocenters. The van der Waals surface area contributed by atoms with E-state index in [2.05, 4.69) is 5.32 Å². The zero-order chi connectivity index (χ0) is 13.9. The molecule has 19 heavy (non-hydrogen) atoms. The minimum absolute atomic E-state index is 0.0722. The Morgan fingerprint density at radius 1 is 1.26 bits per heavy atom. The Bertz CT molecular complexity index is 345. The number of hydrogen-bond acceptors (Lipinski definition) is 4. The minimum atomic E-state index is -0.782. The third-order valence-electron chi connectivity index (χ3n) is 4.11. The van der Waals surface area contributed by atoms with Gasteiger partial charge in [-0.25, -0.2) is 0 Å². The Kier molecular flexibility index (Phi) is 4.42. The van der Waals surface area contributed by atoms with E-state index in [4.69, 9.17) is 10.5 Å². The maximum atomic E-state index is 12.2. The lowest BCUT2D eigenvalue weighted by Gasteiger charge is -2.36. The first-order chi connectivity index (χ1) is 9.01. The summed E-state index contributed by atoms with van der Waals surface area (Å²) in [5.41, 5.74) is 5.36. The highest BCUT2D eigenvalue weighted by Crippen LogP contribution is 2.19. The average molecular weight is 269 g/mol. The first-order valence-corrected chi connectivity index (χ1v) is 6.94. The fourth-order valence-corrected chi connectivity index (χ4v) is 2.63. The van der Waals surface area contributed by atoms with Crippen LogP contribution < -0.4 is 11.1 Å². The summed E-state index contributed by atoms with van der Waals surface area (Å²) in [4.78, 5) is 25.3. The van der Waals surface area contributed by atoms with E-state index in [1.807, 2.05) is 4.90 Å². The van der Waals surface area contributed by atoms with E-state index in [1.54, 1.807) is 6.92 Å². The quantitative estimate of drug-likeness (QED) is 0.716. The van der Waals surface area contributed by atoms with Crippen molar-refractivity contribution in [1.82, 2.24) is 10.2 Å². The lowest BCUT2D eigenvalue weighted by atomic mass is 9.89. The molecule has 108 valence electrons. The number of nitrogens with one attached hydrogen (secondary N) is 1. The van der Waals surface area contributed by atoms with Crippen molar-refractivity contribution in [2.45, 2.75) is 44.2 Å². The minimum Gasteiger partial charge on any atom is -0.381 e. The molecule has 0 radical (unpaired) electrons. The van der Waals surface area contributed by atoms with Crippen LogP contribution in [0.25, 0.3) is 0 Å². The molecule has 6 heteroatoms. The number of amides is 2. The fourth-order valence-electron chi connectivity index (χ4n) is 2.63. The SMILES string of the molecule is CC(=O)N1CCC(NC(=O)C2(N)CCOCC2)CC1. The lowest BCUT2D eigenvalue weighted by molar-refractivity contribution is -0.131. The first-order valence-electron chi connectivity index (χ1n) is 6.94. The number of piperidine rings is 1. The smallest absolute Gasteiger partial charge is 0.240 e. The van der Waals surface area contributed by atoms with Crippen LogP contribution in [0.3, 0.4) is 0 Å². The van der Waals surface area contributed by atoms with Gasteiger partial charge < -0.3 is 20.7 Å². The second kappa shape index (κ2) is 5.88. The number of carbonyl (C=O) groups excluding carboxylic acids is 2. The molecule has 6 nitrogen and oxygen atoms in total. The largest absolute Gasteiger partial charge is 0.381 e. The zero-order valence-electron chi connectivity index (χ0n) is 11.5. The van der Waals surface area contributed by atoms with Gasteiger partial charge in [0.15, 0.2) is 0 Å². The average Bonchev–Trinajstić information content (AvgIpc) is 2.40. The second-order valence-corrected chi connectivity index (χ2v) is 5.52. The number of nitrogens with zero attached hydrogens (tertiary/aromatic N) is 1. The van der Waals surface area contributed by atoms with Gasteiger partial charge in [-0.2, -0.15) is 0 Å². The van der Waals surface area contributed by atoms with Gasteiger partial charge in [-0.1, -0.05) is 0 Å². The molecule has 3 N–H and O–H groups in total. The molecule has 2 rings (SSSR count). The summed E-state index contributed by atoms with van der Waals surface area (Å²) >= 11 is 0. The normalized spacial score (nSPS) is 24.0. The van der Waals surface area contributed by atoms with Gasteiger partial charge in [-0.15, -0.1) is 0 Å². The molecule has 2 amide bonds. The van der Waals surface area contributed by atoms with Crippen LogP contribution in [0.15, 0.2) is 0 Å². The van der Waals surface area contributed by atoms with E-state index < -0.39 is 5.54 Å². The highest BCUT2D eigenvalue weighted by molar-refractivity contribution is 5.86. The van der Waals surface area contributed by atoms with Gasteiger partial charge in [0, 0.05) is 39.3 Å². The molecule has 0 spiro atoms. The Morgan fingerprint density at radius 2 is 1.84 bits per heavy atom. The van der Waals surface area contributed by atoms with E-state index in [0.29, 0.717) is 39.1 Å². The van der Waals surface area contributed by atoms with Crippen LogP contribution in [0.2, 0.25) is 0 Å². The Labute approximate surface area is 113 Å². The van der Waals surface area contributed by atoms with E-state index in [0.717, 1.165) is 12.8 Å². The molecule has 2 aliphatic rings. The topological polar surface area (TPSA) is 84.7 Å². The summed E-state index contributed by atoms with van der Waals surface area (Å²) < 4.78 is 5.24. The van der Waals surface area contributed by atoms with E-state index in [1.165, 1.54) is 0 Å². The molecule has 2 heterocycles. The summed E-state index contributed by atoms with van der Waals surface area (Å²) in [6.45, 7) is 4.09. The van der Waals surface area contributed by atoms with Gasteiger partial charge in [0.25, 0.3) is 0 Å².